The zero-order valence-corrected chi connectivity index (χ0v) is 9.70. The van der Waals surface area contributed by atoms with Crippen LogP contribution in [0.2, 0.25) is 0 Å². The quantitative estimate of drug-likeness (QED) is 0.487. The number of nitrogens with zero attached hydrogens (tertiary/aromatic N) is 2. The van der Waals surface area contributed by atoms with Crippen LogP contribution in [0.25, 0.3) is 0 Å². The molecule has 0 amide bonds. The van der Waals surface area contributed by atoms with Gasteiger partial charge in [-0.05, 0) is 0 Å². The molecule has 0 aliphatic carbocycles. The van der Waals surface area contributed by atoms with Crippen LogP contribution >= 0.6 is 15.9 Å². The standard InChI is InChI=1S/C8H7BrF2N2O3/c1-16-7-4(8(10)11)3-12-5(2-9)6(7)13(14)15/h3,8H,2H2,1H3. The second-order valence-corrected chi connectivity index (χ2v) is 3.29. The third-order valence-corrected chi connectivity index (χ3v) is 2.39. The first-order valence-corrected chi connectivity index (χ1v) is 5.19. The van der Waals surface area contributed by atoms with Crippen molar-refractivity contribution in [1.82, 2.24) is 4.98 Å². The largest absolute Gasteiger partial charge is 0.490 e. The van der Waals surface area contributed by atoms with Crippen LogP contribution in [0, 0.1) is 10.1 Å². The van der Waals surface area contributed by atoms with Crippen LogP contribution in [0.4, 0.5) is 14.5 Å². The minimum atomic E-state index is -2.87. The van der Waals surface area contributed by atoms with E-state index in [2.05, 4.69) is 25.7 Å². The Morgan fingerprint density at radius 2 is 2.31 bits per heavy atom. The van der Waals surface area contributed by atoms with Crippen LogP contribution in [0.5, 0.6) is 5.75 Å². The Bertz CT molecular complexity index is 415. The lowest BCUT2D eigenvalue weighted by Crippen LogP contribution is -2.04. The first kappa shape index (κ1) is 12.8. The van der Waals surface area contributed by atoms with Crippen molar-refractivity contribution in [3.05, 3.63) is 27.6 Å². The summed E-state index contributed by atoms with van der Waals surface area (Å²) in [5.74, 6) is -0.440. The molecular formula is C8H7BrF2N2O3. The number of ether oxygens (including phenoxy) is 1. The molecule has 0 saturated heterocycles. The predicted octanol–water partition coefficient (Wildman–Crippen LogP) is 2.83. The van der Waals surface area contributed by atoms with Crippen molar-refractivity contribution in [1.29, 1.82) is 0 Å². The van der Waals surface area contributed by atoms with Crippen LogP contribution in [-0.4, -0.2) is 17.0 Å². The molecule has 1 rings (SSSR count). The molecule has 0 fully saturated rings. The number of rotatable bonds is 4. The lowest BCUT2D eigenvalue weighted by molar-refractivity contribution is -0.386. The van der Waals surface area contributed by atoms with E-state index in [0.717, 1.165) is 13.3 Å². The normalized spacial score (nSPS) is 10.6. The molecule has 16 heavy (non-hydrogen) atoms. The van der Waals surface area contributed by atoms with Gasteiger partial charge in [0.15, 0.2) is 0 Å². The first-order chi connectivity index (χ1) is 7.52. The van der Waals surface area contributed by atoms with Crippen molar-refractivity contribution < 1.29 is 18.4 Å². The van der Waals surface area contributed by atoms with Crippen LogP contribution in [0.1, 0.15) is 17.7 Å². The van der Waals surface area contributed by atoms with Gasteiger partial charge in [0, 0.05) is 6.20 Å². The molecule has 0 spiro atoms. The van der Waals surface area contributed by atoms with Crippen LogP contribution in [-0.2, 0) is 5.33 Å². The fourth-order valence-corrected chi connectivity index (χ4v) is 1.60. The van der Waals surface area contributed by atoms with Crippen molar-refractivity contribution >= 4 is 21.6 Å². The topological polar surface area (TPSA) is 65.3 Å². The molecule has 5 nitrogen and oxygen atoms in total. The molecule has 0 aliphatic rings. The van der Waals surface area contributed by atoms with E-state index >= 15 is 0 Å². The van der Waals surface area contributed by atoms with Gasteiger partial charge in [-0.25, -0.2) is 8.78 Å². The molecule has 0 bridgehead atoms. The molecule has 88 valence electrons. The highest BCUT2D eigenvalue weighted by molar-refractivity contribution is 9.08. The Morgan fingerprint density at radius 1 is 1.69 bits per heavy atom. The van der Waals surface area contributed by atoms with E-state index in [1.165, 1.54) is 0 Å². The number of pyridine rings is 1. The average Bonchev–Trinajstić information content (AvgIpc) is 2.26. The minimum absolute atomic E-state index is 0.0475. The number of alkyl halides is 3. The minimum Gasteiger partial charge on any atom is -0.490 e. The highest BCUT2D eigenvalue weighted by Crippen LogP contribution is 2.38. The summed E-state index contributed by atoms with van der Waals surface area (Å²) in [6, 6.07) is 0. The Balaban J connectivity index is 3.49. The summed E-state index contributed by atoms with van der Waals surface area (Å²) >= 11 is 2.99. The monoisotopic (exact) mass is 296 g/mol. The Kier molecular flexibility index (Phi) is 4.11. The van der Waals surface area contributed by atoms with Gasteiger partial charge >= 0.3 is 5.69 Å². The van der Waals surface area contributed by atoms with E-state index in [0.29, 0.717) is 0 Å². The molecule has 1 aromatic rings. The summed E-state index contributed by atoms with van der Waals surface area (Å²) < 4.78 is 29.7. The summed E-state index contributed by atoms with van der Waals surface area (Å²) in [7, 11) is 1.10. The Labute approximate surface area is 97.7 Å². The Hall–Kier alpha value is -1.31. The van der Waals surface area contributed by atoms with Gasteiger partial charge in [-0.15, -0.1) is 0 Å². The molecule has 0 radical (unpaired) electrons. The maximum atomic E-state index is 12.5. The fourth-order valence-electron chi connectivity index (χ4n) is 1.19. The molecule has 1 aromatic heterocycles. The molecule has 1 heterocycles. The molecule has 0 N–H and O–H groups in total. The average molecular weight is 297 g/mol. The van der Waals surface area contributed by atoms with Gasteiger partial charge in [0.25, 0.3) is 6.43 Å². The van der Waals surface area contributed by atoms with Crippen molar-refractivity contribution in [2.24, 2.45) is 0 Å². The van der Waals surface area contributed by atoms with Crippen molar-refractivity contribution in [3.8, 4) is 5.75 Å². The summed E-state index contributed by atoms with van der Waals surface area (Å²) in [4.78, 5) is 13.6. The number of halogens is 3. The summed E-state index contributed by atoms with van der Waals surface area (Å²) in [5.41, 5.74) is -1.07. The second kappa shape index (κ2) is 5.15. The van der Waals surface area contributed by atoms with E-state index in [-0.39, 0.29) is 11.0 Å². The number of hydrogen-bond acceptors (Lipinski definition) is 4. The Morgan fingerprint density at radius 3 is 2.69 bits per heavy atom. The van der Waals surface area contributed by atoms with Gasteiger partial charge in [-0.1, -0.05) is 15.9 Å². The third-order valence-electron chi connectivity index (χ3n) is 1.86. The molecule has 0 aliphatic heterocycles. The molecule has 8 heteroatoms. The summed E-state index contributed by atoms with van der Waals surface area (Å²) in [6.45, 7) is 0. The summed E-state index contributed by atoms with van der Waals surface area (Å²) in [6.07, 6.45) is -1.99. The first-order valence-electron chi connectivity index (χ1n) is 4.07. The van der Waals surface area contributed by atoms with Gasteiger partial charge in [-0.2, -0.15) is 0 Å². The zero-order valence-electron chi connectivity index (χ0n) is 8.11. The van der Waals surface area contributed by atoms with E-state index in [1.54, 1.807) is 0 Å². The lowest BCUT2D eigenvalue weighted by atomic mass is 10.2. The predicted molar refractivity (Wildman–Crippen MR) is 55.0 cm³/mol. The summed E-state index contributed by atoms with van der Waals surface area (Å²) in [5, 5.41) is 10.8. The second-order valence-electron chi connectivity index (χ2n) is 2.73. The van der Waals surface area contributed by atoms with E-state index < -0.39 is 28.3 Å². The van der Waals surface area contributed by atoms with Gasteiger partial charge < -0.3 is 4.74 Å². The van der Waals surface area contributed by atoms with Gasteiger partial charge in [0.1, 0.15) is 5.69 Å². The van der Waals surface area contributed by atoms with E-state index in [1.807, 2.05) is 0 Å². The maximum absolute atomic E-state index is 12.5. The molecular weight excluding hydrogens is 290 g/mol. The zero-order chi connectivity index (χ0) is 12.3. The molecule has 0 saturated carbocycles. The SMILES string of the molecule is COc1c(C(F)F)cnc(CBr)c1[N+](=O)[O-]. The molecule has 0 unspecified atom stereocenters. The third kappa shape index (κ3) is 2.26. The lowest BCUT2D eigenvalue weighted by Gasteiger charge is -2.09. The van der Waals surface area contributed by atoms with E-state index in [4.69, 9.17) is 0 Å². The van der Waals surface area contributed by atoms with Crippen LogP contribution < -0.4 is 4.74 Å². The van der Waals surface area contributed by atoms with Crippen LogP contribution in [0.3, 0.4) is 0 Å². The van der Waals surface area contributed by atoms with Gasteiger partial charge in [0.2, 0.25) is 5.75 Å². The van der Waals surface area contributed by atoms with Gasteiger partial charge in [-0.3, -0.25) is 15.1 Å². The van der Waals surface area contributed by atoms with Crippen molar-refractivity contribution in [3.63, 3.8) is 0 Å². The molecule has 0 aromatic carbocycles. The number of nitro groups is 1. The van der Waals surface area contributed by atoms with E-state index in [9.17, 15) is 18.9 Å². The van der Waals surface area contributed by atoms with Crippen LogP contribution in [0.15, 0.2) is 6.20 Å². The smallest absolute Gasteiger partial charge is 0.333 e. The van der Waals surface area contributed by atoms with Gasteiger partial charge in [0.05, 0.1) is 22.9 Å². The van der Waals surface area contributed by atoms with Crippen molar-refractivity contribution in [2.75, 3.05) is 7.11 Å². The van der Waals surface area contributed by atoms with Crippen molar-refractivity contribution in [2.45, 2.75) is 11.8 Å². The molecule has 0 atom stereocenters. The number of hydrogen-bond donors (Lipinski definition) is 0. The highest BCUT2D eigenvalue weighted by Gasteiger charge is 2.28. The number of methoxy groups -OCH3 is 1. The highest BCUT2D eigenvalue weighted by atomic mass is 79.9. The fraction of sp³-hybridized carbons (Fsp3) is 0.375. The maximum Gasteiger partial charge on any atom is 0.333 e. The number of aromatic nitrogens is 1.